The first-order chi connectivity index (χ1) is 20.8. The van der Waals surface area contributed by atoms with E-state index in [9.17, 15) is 5.11 Å². The molecule has 0 bridgehead atoms. The van der Waals surface area contributed by atoms with Gasteiger partial charge in [0.05, 0.1) is 11.4 Å². The number of hydrogen-bond donors (Lipinski definition) is 1. The summed E-state index contributed by atoms with van der Waals surface area (Å²) in [5.41, 5.74) is 8.61. The largest absolute Gasteiger partial charge is 0.507 e. The van der Waals surface area contributed by atoms with Gasteiger partial charge in [0.1, 0.15) is 28.4 Å². The molecule has 0 aliphatic heterocycles. The normalized spacial score (nSPS) is 15.0. The Bertz CT molecular complexity index is 2200. The van der Waals surface area contributed by atoms with Crippen molar-refractivity contribution in [1.29, 1.82) is 0 Å². The van der Waals surface area contributed by atoms with E-state index in [0.29, 0.717) is 0 Å². The summed E-state index contributed by atoms with van der Waals surface area (Å²) in [7, 11) is 0. The number of aromatic hydroxyl groups is 1. The molecule has 210 valence electrons. The van der Waals surface area contributed by atoms with Gasteiger partial charge in [-0.1, -0.05) is 94.4 Å². The van der Waals surface area contributed by atoms with Crippen LogP contribution in [0.5, 0.6) is 5.75 Å². The molecule has 1 aliphatic carbocycles. The average Bonchev–Trinajstić information content (AvgIpc) is 3.63. The highest BCUT2D eigenvalue weighted by Gasteiger charge is 2.47. The molecular formula is C38H31N3O2. The zero-order chi connectivity index (χ0) is 29.5. The van der Waals surface area contributed by atoms with Crippen LogP contribution in [0.15, 0.2) is 114 Å². The van der Waals surface area contributed by atoms with Crippen LogP contribution < -0.4 is 0 Å². The van der Waals surface area contributed by atoms with Crippen LogP contribution in [0.1, 0.15) is 38.8 Å². The first kappa shape index (κ1) is 25.5. The number of phenols is 1. The van der Waals surface area contributed by atoms with Crippen LogP contribution in [0.4, 0.5) is 0 Å². The number of aromatic nitrogens is 3. The number of hydrogen-bond acceptors (Lipinski definition) is 4. The van der Waals surface area contributed by atoms with Crippen molar-refractivity contribution in [2.24, 2.45) is 0 Å². The third kappa shape index (κ3) is 3.58. The van der Waals surface area contributed by atoms with E-state index in [1.807, 2.05) is 54.6 Å². The van der Waals surface area contributed by atoms with Crippen LogP contribution >= 0.6 is 0 Å². The monoisotopic (exact) mass is 561 g/mol. The fraction of sp³-hybridized carbons (Fsp3) is 0.158. The molecule has 1 N–H and O–H groups in total. The summed E-state index contributed by atoms with van der Waals surface area (Å²) in [5, 5.41) is 13.2. The highest BCUT2D eigenvalue weighted by molar-refractivity contribution is 6.11. The minimum Gasteiger partial charge on any atom is -0.507 e. The van der Waals surface area contributed by atoms with Gasteiger partial charge >= 0.3 is 0 Å². The summed E-state index contributed by atoms with van der Waals surface area (Å²) in [4.78, 5) is 10.5. The van der Waals surface area contributed by atoms with Crippen molar-refractivity contribution in [3.8, 4) is 45.5 Å². The number of fused-ring (bicyclic) bond motifs is 6. The molecule has 0 saturated carbocycles. The molecule has 3 heterocycles. The fourth-order valence-corrected chi connectivity index (χ4v) is 6.72. The van der Waals surface area contributed by atoms with Crippen molar-refractivity contribution in [2.75, 3.05) is 0 Å². The predicted molar refractivity (Wildman–Crippen MR) is 173 cm³/mol. The minimum atomic E-state index is -0.207. The lowest BCUT2D eigenvalue weighted by Gasteiger charge is -2.47. The van der Waals surface area contributed by atoms with Crippen molar-refractivity contribution in [3.63, 3.8) is 0 Å². The first-order valence-corrected chi connectivity index (χ1v) is 14.7. The van der Waals surface area contributed by atoms with Crippen LogP contribution in [0.3, 0.4) is 0 Å². The minimum absolute atomic E-state index is 0.203. The summed E-state index contributed by atoms with van der Waals surface area (Å²) in [6.07, 6.45) is 2.06. The summed E-state index contributed by atoms with van der Waals surface area (Å²) >= 11 is 0. The molecule has 0 saturated heterocycles. The van der Waals surface area contributed by atoms with Gasteiger partial charge < -0.3 is 9.52 Å². The van der Waals surface area contributed by atoms with E-state index in [1.54, 1.807) is 6.07 Å². The van der Waals surface area contributed by atoms with Crippen molar-refractivity contribution >= 4 is 21.9 Å². The Hall–Kier alpha value is -5.16. The Labute approximate surface area is 250 Å². The third-order valence-corrected chi connectivity index (χ3v) is 9.73. The molecule has 0 fully saturated rings. The Morgan fingerprint density at radius 1 is 0.651 bits per heavy atom. The Morgan fingerprint density at radius 3 is 2.21 bits per heavy atom. The molecule has 8 rings (SSSR count). The molecule has 0 amide bonds. The predicted octanol–water partition coefficient (Wildman–Crippen LogP) is 9.44. The number of rotatable bonds is 3. The van der Waals surface area contributed by atoms with E-state index in [0.717, 1.165) is 72.8 Å². The fourth-order valence-electron chi connectivity index (χ4n) is 6.72. The van der Waals surface area contributed by atoms with E-state index in [-0.39, 0.29) is 16.6 Å². The van der Waals surface area contributed by atoms with Crippen LogP contribution in [0.25, 0.3) is 61.7 Å². The summed E-state index contributed by atoms with van der Waals surface area (Å²) in [5.74, 6) is 1.06. The smallest absolute Gasteiger partial charge is 0.146 e. The van der Waals surface area contributed by atoms with Gasteiger partial charge in [0.15, 0.2) is 0 Å². The second kappa shape index (κ2) is 8.92. The average molecular weight is 562 g/mol. The number of furan rings is 1. The van der Waals surface area contributed by atoms with E-state index in [2.05, 4.69) is 80.9 Å². The molecule has 7 aromatic rings. The van der Waals surface area contributed by atoms with E-state index in [1.165, 1.54) is 0 Å². The van der Waals surface area contributed by atoms with Gasteiger partial charge in [0, 0.05) is 39.2 Å². The summed E-state index contributed by atoms with van der Waals surface area (Å²) < 4.78 is 8.35. The van der Waals surface area contributed by atoms with Gasteiger partial charge in [-0.3, -0.25) is 4.57 Å². The lowest BCUT2D eigenvalue weighted by Crippen LogP contribution is -2.43. The Morgan fingerprint density at radius 2 is 1.37 bits per heavy atom. The van der Waals surface area contributed by atoms with Gasteiger partial charge in [-0.2, -0.15) is 0 Å². The molecule has 3 aromatic heterocycles. The number of phenolic OH excluding ortho intramolecular Hbond substituents is 1. The summed E-state index contributed by atoms with van der Waals surface area (Å²) in [6.45, 7) is 9.02. The topological polar surface area (TPSA) is 64.1 Å². The molecule has 0 atom stereocenters. The van der Waals surface area contributed by atoms with E-state index in [4.69, 9.17) is 14.4 Å². The van der Waals surface area contributed by atoms with E-state index >= 15 is 0 Å². The number of para-hydroxylation sites is 2. The second-order valence-electron chi connectivity index (χ2n) is 12.5. The Kier molecular flexibility index (Phi) is 5.30. The lowest BCUT2D eigenvalue weighted by atomic mass is 9.56. The van der Waals surface area contributed by atoms with Gasteiger partial charge in [-0.05, 0) is 52.9 Å². The maximum Gasteiger partial charge on any atom is 0.146 e. The quantitative estimate of drug-likeness (QED) is 0.233. The van der Waals surface area contributed by atoms with Gasteiger partial charge in [0.25, 0.3) is 0 Å². The zero-order valence-corrected chi connectivity index (χ0v) is 24.6. The molecule has 43 heavy (non-hydrogen) atoms. The first-order valence-electron chi connectivity index (χ1n) is 14.7. The van der Waals surface area contributed by atoms with E-state index < -0.39 is 0 Å². The molecule has 0 spiro atoms. The van der Waals surface area contributed by atoms with Crippen LogP contribution in [-0.4, -0.2) is 19.6 Å². The van der Waals surface area contributed by atoms with Crippen molar-refractivity contribution in [2.45, 2.75) is 38.5 Å². The number of imidazole rings is 1. The zero-order valence-electron chi connectivity index (χ0n) is 24.6. The Balaban J connectivity index is 1.38. The van der Waals surface area contributed by atoms with Crippen molar-refractivity contribution < 1.29 is 9.52 Å². The number of pyridine rings is 1. The number of nitrogens with zero attached hydrogens (tertiary/aromatic N) is 3. The standard InChI is InChI=1S/C38H31N3O2/c1-37(2)26-16-11-17-30(42)34(26)35-27(38(37,3)4)20-21-28(39-35)29-22-41(23-12-6-5-7-13-23)36(40-29)25-15-10-19-32-33(25)24-14-8-9-18-31(24)43-32/h5-22,42H,1-4H3. The maximum absolute atomic E-state index is 11.1. The van der Waals surface area contributed by atoms with Gasteiger partial charge in [-0.25, -0.2) is 9.97 Å². The highest BCUT2D eigenvalue weighted by Crippen LogP contribution is 2.55. The molecule has 5 nitrogen and oxygen atoms in total. The van der Waals surface area contributed by atoms with Crippen LogP contribution in [-0.2, 0) is 10.8 Å². The lowest BCUT2D eigenvalue weighted by molar-refractivity contribution is 0.296. The summed E-state index contributed by atoms with van der Waals surface area (Å²) in [6, 6.07) is 34.5. The highest BCUT2D eigenvalue weighted by atomic mass is 16.3. The van der Waals surface area contributed by atoms with Crippen molar-refractivity contribution in [3.05, 3.63) is 120 Å². The van der Waals surface area contributed by atoms with Crippen LogP contribution in [0.2, 0.25) is 0 Å². The maximum atomic E-state index is 11.1. The molecule has 0 radical (unpaired) electrons. The number of benzene rings is 4. The molecule has 4 aromatic carbocycles. The van der Waals surface area contributed by atoms with Gasteiger partial charge in [0.2, 0.25) is 0 Å². The molecule has 0 unspecified atom stereocenters. The van der Waals surface area contributed by atoms with Gasteiger partial charge in [-0.15, -0.1) is 0 Å². The van der Waals surface area contributed by atoms with Crippen LogP contribution in [0, 0.1) is 0 Å². The second-order valence-corrected chi connectivity index (χ2v) is 12.5. The third-order valence-electron chi connectivity index (χ3n) is 9.73. The molecule has 5 heteroatoms. The molecule has 1 aliphatic rings. The van der Waals surface area contributed by atoms with Crippen molar-refractivity contribution in [1.82, 2.24) is 14.5 Å². The molecular weight excluding hydrogens is 530 g/mol. The SMILES string of the molecule is CC1(C)c2ccc(-c3cn(-c4ccccc4)c(-c4cccc5oc6ccccc6c45)n3)nc2-c2c(O)cccc2C1(C)C.